The van der Waals surface area contributed by atoms with Crippen LogP contribution in [0.15, 0.2) is 35.4 Å². The Morgan fingerprint density at radius 3 is 2.81 bits per heavy atom. The minimum absolute atomic E-state index is 0.0944. The first-order chi connectivity index (χ1) is 15.4. The molecule has 1 fully saturated rings. The first kappa shape index (κ1) is 22.1. The molecule has 4 rings (SSSR count). The van der Waals surface area contributed by atoms with Gasteiger partial charge in [0.1, 0.15) is 6.61 Å². The van der Waals surface area contributed by atoms with Gasteiger partial charge >= 0.3 is 5.69 Å². The fourth-order valence-electron chi connectivity index (χ4n) is 4.53. The van der Waals surface area contributed by atoms with Crippen molar-refractivity contribution in [1.82, 2.24) is 10.3 Å². The molecule has 2 heterocycles. The highest BCUT2D eigenvalue weighted by Gasteiger charge is 2.38. The third-order valence-electron chi connectivity index (χ3n) is 6.47. The Labute approximate surface area is 188 Å². The second kappa shape index (κ2) is 9.16. The van der Waals surface area contributed by atoms with Gasteiger partial charge in [0.25, 0.3) is 0 Å². The highest BCUT2D eigenvalue weighted by molar-refractivity contribution is 5.90. The van der Waals surface area contributed by atoms with Crippen molar-refractivity contribution in [3.05, 3.63) is 62.7 Å². The molecule has 1 saturated heterocycles. The Balaban J connectivity index is 1.65. The van der Waals surface area contributed by atoms with Crippen LogP contribution in [0.3, 0.4) is 0 Å². The molecular formula is C24H30N4O4. The summed E-state index contributed by atoms with van der Waals surface area (Å²) >= 11 is 0. The Kier molecular flexibility index (Phi) is 6.32. The predicted octanol–water partition coefficient (Wildman–Crippen LogP) is 4.14. The molecule has 2 aromatic rings. The zero-order chi connectivity index (χ0) is 22.8. The zero-order valence-electron chi connectivity index (χ0n) is 19.1. The smallest absolute Gasteiger partial charge is 0.315 e. The number of aryl methyl sites for hydroxylation is 2. The van der Waals surface area contributed by atoms with Crippen molar-refractivity contribution in [3.8, 4) is 11.5 Å². The van der Waals surface area contributed by atoms with Gasteiger partial charge in [-0.1, -0.05) is 30.7 Å². The first-order valence-corrected chi connectivity index (χ1v) is 11.0. The van der Waals surface area contributed by atoms with E-state index in [1.54, 1.807) is 6.07 Å². The van der Waals surface area contributed by atoms with Crippen molar-refractivity contribution in [2.24, 2.45) is 11.0 Å². The maximum atomic E-state index is 12.0. The van der Waals surface area contributed by atoms with Gasteiger partial charge in [0.2, 0.25) is 5.75 Å². The summed E-state index contributed by atoms with van der Waals surface area (Å²) in [6.07, 6.45) is 0.915. The zero-order valence-corrected chi connectivity index (χ0v) is 19.1. The van der Waals surface area contributed by atoms with E-state index in [0.29, 0.717) is 5.75 Å². The summed E-state index contributed by atoms with van der Waals surface area (Å²) < 4.78 is 11.5. The van der Waals surface area contributed by atoms with Crippen LogP contribution in [0.2, 0.25) is 0 Å². The van der Waals surface area contributed by atoms with Gasteiger partial charge < -0.3 is 19.8 Å². The molecule has 8 nitrogen and oxygen atoms in total. The summed E-state index contributed by atoms with van der Waals surface area (Å²) in [5, 5.41) is 16.5. The van der Waals surface area contributed by atoms with Crippen molar-refractivity contribution >= 4 is 11.4 Å². The van der Waals surface area contributed by atoms with Gasteiger partial charge in [-0.3, -0.25) is 10.1 Å². The monoisotopic (exact) mass is 438 g/mol. The lowest BCUT2D eigenvalue weighted by Gasteiger charge is -2.32. The Morgan fingerprint density at radius 1 is 1.28 bits per heavy atom. The summed E-state index contributed by atoms with van der Waals surface area (Å²) in [4.78, 5) is 14.0. The number of benzene rings is 2. The molecule has 32 heavy (non-hydrogen) atoms. The third-order valence-corrected chi connectivity index (χ3v) is 6.47. The lowest BCUT2D eigenvalue weighted by molar-refractivity contribution is -0.386. The fourth-order valence-corrected chi connectivity index (χ4v) is 4.53. The standard InChI is InChI=1S/C24H30N4O4/c1-5-27-9-8-20-19(13-27)23(26-25-20)17-11-21(28(29)30)24(22(12-17)31-4)32-14-18-10-15(2)6-7-16(18)3/h6-7,10-12,19,23,26H,5,8-9,13-14H2,1-4H3. The van der Waals surface area contributed by atoms with Crippen LogP contribution in [-0.2, 0) is 6.61 Å². The van der Waals surface area contributed by atoms with Gasteiger partial charge in [-0.2, -0.15) is 5.10 Å². The number of hydrazone groups is 1. The Hall–Kier alpha value is -3.13. The average Bonchev–Trinajstić information content (AvgIpc) is 3.22. The van der Waals surface area contributed by atoms with E-state index >= 15 is 0 Å². The summed E-state index contributed by atoms with van der Waals surface area (Å²) in [6.45, 7) is 9.24. The van der Waals surface area contributed by atoms with Crippen LogP contribution in [-0.4, -0.2) is 42.3 Å². The topological polar surface area (TPSA) is 89.2 Å². The molecule has 8 heteroatoms. The van der Waals surface area contributed by atoms with E-state index in [9.17, 15) is 10.1 Å². The van der Waals surface area contributed by atoms with Crippen molar-refractivity contribution in [3.63, 3.8) is 0 Å². The highest BCUT2D eigenvalue weighted by atomic mass is 16.6. The number of fused-ring (bicyclic) bond motifs is 1. The van der Waals surface area contributed by atoms with Gasteiger partial charge in [0, 0.05) is 37.2 Å². The molecule has 0 aromatic heterocycles. The van der Waals surface area contributed by atoms with Crippen LogP contribution in [0.4, 0.5) is 5.69 Å². The van der Waals surface area contributed by atoms with Crippen LogP contribution in [0.25, 0.3) is 0 Å². The number of hydrogen-bond donors (Lipinski definition) is 1. The minimum Gasteiger partial charge on any atom is -0.493 e. The number of nitrogens with zero attached hydrogens (tertiary/aromatic N) is 3. The molecule has 0 saturated carbocycles. The van der Waals surface area contributed by atoms with Crippen molar-refractivity contribution < 1.29 is 14.4 Å². The molecule has 0 radical (unpaired) electrons. The molecule has 0 aliphatic carbocycles. The summed E-state index contributed by atoms with van der Waals surface area (Å²) in [5.74, 6) is 0.702. The van der Waals surface area contributed by atoms with E-state index in [0.717, 1.165) is 54.0 Å². The van der Waals surface area contributed by atoms with Gasteiger partial charge in [0.15, 0.2) is 5.75 Å². The van der Waals surface area contributed by atoms with Crippen LogP contribution >= 0.6 is 0 Å². The maximum Gasteiger partial charge on any atom is 0.315 e. The Bertz CT molecular complexity index is 1050. The highest BCUT2D eigenvalue weighted by Crippen LogP contribution is 2.43. The second-order valence-electron chi connectivity index (χ2n) is 8.51. The number of nitrogens with one attached hydrogen (secondary N) is 1. The number of piperidine rings is 1. The molecule has 2 atom stereocenters. The van der Waals surface area contributed by atoms with E-state index in [4.69, 9.17) is 9.47 Å². The van der Waals surface area contributed by atoms with E-state index in [2.05, 4.69) is 22.4 Å². The first-order valence-electron chi connectivity index (χ1n) is 11.0. The quantitative estimate of drug-likeness (QED) is 0.516. The number of rotatable bonds is 7. The van der Waals surface area contributed by atoms with Crippen LogP contribution < -0.4 is 14.9 Å². The molecular weight excluding hydrogens is 408 g/mol. The van der Waals surface area contributed by atoms with Gasteiger partial charge in [-0.05, 0) is 43.1 Å². The van der Waals surface area contributed by atoms with Gasteiger partial charge in [-0.25, -0.2) is 0 Å². The predicted molar refractivity (Wildman–Crippen MR) is 123 cm³/mol. The van der Waals surface area contributed by atoms with E-state index < -0.39 is 4.92 Å². The maximum absolute atomic E-state index is 12.0. The number of methoxy groups -OCH3 is 1. The SMILES string of the molecule is CCN1CCC2=NNC(c3cc(OC)c(OCc4cc(C)ccc4C)c([N+](=O)[O-])c3)C2C1. The average molecular weight is 439 g/mol. The van der Waals surface area contributed by atoms with Crippen molar-refractivity contribution in [1.29, 1.82) is 0 Å². The molecule has 1 N–H and O–H groups in total. The molecule has 170 valence electrons. The number of nitro benzene ring substituents is 1. The summed E-state index contributed by atoms with van der Waals surface area (Å²) in [7, 11) is 1.51. The van der Waals surface area contributed by atoms with E-state index in [1.165, 1.54) is 7.11 Å². The number of ether oxygens (including phenoxy) is 2. The second-order valence-corrected chi connectivity index (χ2v) is 8.51. The van der Waals surface area contributed by atoms with Crippen molar-refractivity contribution in [2.45, 2.75) is 39.8 Å². The third kappa shape index (κ3) is 4.27. The number of hydrogen-bond acceptors (Lipinski definition) is 7. The Morgan fingerprint density at radius 2 is 2.09 bits per heavy atom. The molecule has 2 aromatic carbocycles. The minimum atomic E-state index is -0.402. The summed E-state index contributed by atoms with van der Waals surface area (Å²) in [5.41, 5.74) is 8.22. The lowest BCUT2D eigenvalue weighted by Crippen LogP contribution is -2.41. The summed E-state index contributed by atoms with van der Waals surface area (Å²) in [6, 6.07) is 9.41. The van der Waals surface area contributed by atoms with Crippen molar-refractivity contribution in [2.75, 3.05) is 26.7 Å². The molecule has 0 amide bonds. The largest absolute Gasteiger partial charge is 0.493 e. The van der Waals surface area contributed by atoms with Crippen LogP contribution in [0, 0.1) is 29.9 Å². The van der Waals surface area contributed by atoms with Crippen LogP contribution in [0.1, 0.15) is 41.6 Å². The van der Waals surface area contributed by atoms with E-state index in [-0.39, 0.29) is 30.0 Å². The fraction of sp³-hybridized carbons (Fsp3) is 0.458. The molecule has 0 spiro atoms. The van der Waals surface area contributed by atoms with Crippen LogP contribution in [0.5, 0.6) is 11.5 Å². The van der Waals surface area contributed by atoms with Gasteiger partial charge in [-0.15, -0.1) is 0 Å². The van der Waals surface area contributed by atoms with Gasteiger partial charge in [0.05, 0.1) is 18.1 Å². The number of nitro groups is 1. The lowest BCUT2D eigenvalue weighted by atomic mass is 9.86. The molecule has 2 aliphatic heterocycles. The normalized spacial score (nSPS) is 20.3. The number of likely N-dealkylation sites (tertiary alicyclic amines) is 1. The molecule has 0 bridgehead atoms. The van der Waals surface area contributed by atoms with E-state index in [1.807, 2.05) is 38.1 Å². The molecule has 2 unspecified atom stereocenters. The molecule has 2 aliphatic rings.